The first-order valence-electron chi connectivity index (χ1n) is 10.7. The van der Waals surface area contributed by atoms with Gasteiger partial charge >= 0.3 is 0 Å². The van der Waals surface area contributed by atoms with Crippen molar-refractivity contribution >= 4 is 46.4 Å². The van der Waals surface area contributed by atoms with Crippen molar-refractivity contribution in [1.29, 1.82) is 5.41 Å². The number of nitrogens with zero attached hydrogens (tertiary/aromatic N) is 1. The zero-order valence-corrected chi connectivity index (χ0v) is 19.4. The number of amidine groups is 1. The van der Waals surface area contributed by atoms with E-state index in [4.69, 9.17) is 28.6 Å². The van der Waals surface area contributed by atoms with E-state index in [-0.39, 0.29) is 25.5 Å². The van der Waals surface area contributed by atoms with Gasteiger partial charge in [0.15, 0.2) is 5.78 Å². The van der Waals surface area contributed by atoms with Crippen LogP contribution in [-0.4, -0.2) is 35.5 Å². The van der Waals surface area contributed by atoms with E-state index in [0.717, 1.165) is 31.5 Å². The normalized spacial score (nSPS) is 12.7. The Morgan fingerprint density at radius 3 is 2.09 bits per heavy atom. The molecular weight excluding hydrogens is 469 g/mol. The van der Waals surface area contributed by atoms with Crippen molar-refractivity contribution in [2.45, 2.75) is 26.7 Å². The first-order chi connectivity index (χ1) is 15.9. The number of benzene rings is 3. The van der Waals surface area contributed by atoms with Gasteiger partial charge in [0.2, 0.25) is 0 Å². The average Bonchev–Trinajstić information content (AvgIpc) is 3.36. The van der Waals surface area contributed by atoms with E-state index in [1.807, 2.05) is 12.1 Å². The number of hydrogen-bond donors (Lipinski definition) is 2. The summed E-state index contributed by atoms with van der Waals surface area (Å²) in [5.74, 6) is 0.0273. The number of amides is 1. The highest BCUT2D eigenvalue weighted by Crippen LogP contribution is 2.21. The number of carbonyl (C=O) groups is 2. The molecule has 1 aliphatic rings. The molecule has 1 heterocycles. The summed E-state index contributed by atoms with van der Waals surface area (Å²) >= 11 is 12.0. The highest BCUT2D eigenvalue weighted by molar-refractivity contribution is 6.31. The number of halogens is 2. The Bertz CT molecular complexity index is 1190. The summed E-state index contributed by atoms with van der Waals surface area (Å²) in [6, 6.07) is 18.8. The molecule has 0 saturated carbocycles. The zero-order valence-electron chi connectivity index (χ0n) is 17.9. The lowest BCUT2D eigenvalue weighted by Crippen LogP contribution is -2.27. The van der Waals surface area contributed by atoms with Crippen LogP contribution in [0.1, 0.15) is 52.1 Å². The van der Waals surface area contributed by atoms with Gasteiger partial charge in [0.1, 0.15) is 5.84 Å². The molecule has 1 fully saturated rings. The van der Waals surface area contributed by atoms with Crippen LogP contribution >= 0.6 is 23.2 Å². The van der Waals surface area contributed by atoms with Crippen molar-refractivity contribution in [3.63, 3.8) is 0 Å². The molecule has 0 atom stereocenters. The van der Waals surface area contributed by atoms with E-state index in [1.165, 1.54) is 0 Å². The van der Waals surface area contributed by atoms with Crippen LogP contribution in [-0.2, 0) is 6.42 Å². The largest absolute Gasteiger partial charge is 0.357 e. The van der Waals surface area contributed by atoms with E-state index in [0.29, 0.717) is 38.3 Å². The number of anilines is 1. The van der Waals surface area contributed by atoms with E-state index in [1.54, 1.807) is 54.6 Å². The number of likely N-dealkylation sites (tertiary alicyclic amines) is 1. The molecule has 1 amide bonds. The number of carbonyl (C=O) groups excluding carboxylic acids is 2. The molecule has 176 valence electrons. The third-order valence-electron chi connectivity index (χ3n) is 5.67. The highest BCUT2D eigenvalue weighted by atomic mass is 35.5. The quantitative estimate of drug-likeness (QED) is 0.226. The lowest BCUT2D eigenvalue weighted by Gasteiger charge is -2.18. The molecule has 0 aliphatic carbocycles. The van der Waals surface area contributed by atoms with Crippen LogP contribution in [0.4, 0.5) is 5.69 Å². The molecule has 0 radical (unpaired) electrons. The molecule has 0 bridgehead atoms. The third-order valence-corrected chi connectivity index (χ3v) is 6.16. The molecule has 3 aromatic carbocycles. The van der Waals surface area contributed by atoms with Gasteiger partial charge < -0.3 is 10.2 Å². The van der Waals surface area contributed by atoms with Crippen LogP contribution in [0.25, 0.3) is 0 Å². The maximum atomic E-state index is 13.0. The van der Waals surface area contributed by atoms with Gasteiger partial charge in [0, 0.05) is 51.9 Å². The van der Waals surface area contributed by atoms with Gasteiger partial charge in [-0.25, -0.2) is 0 Å². The molecule has 4 rings (SSSR count). The van der Waals surface area contributed by atoms with Crippen molar-refractivity contribution in [2.75, 3.05) is 18.4 Å². The second-order valence-electron chi connectivity index (χ2n) is 7.98. The minimum Gasteiger partial charge on any atom is -0.357 e. The fraction of sp³-hybridized carbons (Fsp3) is 0.222. The Morgan fingerprint density at radius 2 is 1.44 bits per heavy atom. The molecule has 1 saturated heterocycles. The summed E-state index contributed by atoms with van der Waals surface area (Å²) < 4.78 is 0. The molecule has 34 heavy (non-hydrogen) atoms. The summed E-state index contributed by atoms with van der Waals surface area (Å²) in [7, 11) is 0. The smallest absolute Gasteiger partial charge is 0.256 e. The Hall–Kier alpha value is -3.15. The molecular formula is C27H27Cl2N3O2. The monoisotopic (exact) mass is 495 g/mol. The molecule has 1 aliphatic heterocycles. The predicted molar refractivity (Wildman–Crippen MR) is 140 cm³/mol. The van der Waals surface area contributed by atoms with Crippen LogP contribution in [0.2, 0.25) is 10.0 Å². The lowest BCUT2D eigenvalue weighted by atomic mass is 9.97. The standard InChI is InChI=1S/C26H23Cl2N3O2.CH4/c27-20-9-11-22(12-10-20)30-26(33)23-16-21(28)8-7-19(23)15-24(32)17-3-5-18(6-4-17)25(29)31-13-1-2-14-31;/h3-12,16,29H,1-2,13-15H2,(H,30,33);1H4. The van der Waals surface area contributed by atoms with Gasteiger partial charge in [0.25, 0.3) is 5.91 Å². The lowest BCUT2D eigenvalue weighted by molar-refractivity contribution is 0.0992. The van der Waals surface area contributed by atoms with Gasteiger partial charge in [-0.15, -0.1) is 0 Å². The maximum absolute atomic E-state index is 13.0. The fourth-order valence-corrected chi connectivity index (χ4v) is 4.16. The summed E-state index contributed by atoms with van der Waals surface area (Å²) in [4.78, 5) is 27.9. The summed E-state index contributed by atoms with van der Waals surface area (Å²) in [6.45, 7) is 1.80. The maximum Gasteiger partial charge on any atom is 0.256 e. The molecule has 3 aromatic rings. The Kier molecular flexibility index (Phi) is 8.48. The van der Waals surface area contributed by atoms with Crippen LogP contribution in [0, 0.1) is 5.41 Å². The fourth-order valence-electron chi connectivity index (χ4n) is 3.86. The van der Waals surface area contributed by atoms with Gasteiger partial charge in [-0.3, -0.25) is 15.0 Å². The van der Waals surface area contributed by atoms with E-state index < -0.39 is 0 Å². The van der Waals surface area contributed by atoms with Gasteiger partial charge in [0.05, 0.1) is 0 Å². The first-order valence-corrected chi connectivity index (χ1v) is 11.5. The number of nitrogens with one attached hydrogen (secondary N) is 2. The first kappa shape index (κ1) is 25.5. The van der Waals surface area contributed by atoms with Crippen LogP contribution < -0.4 is 5.32 Å². The van der Waals surface area contributed by atoms with Crippen molar-refractivity contribution in [2.24, 2.45) is 0 Å². The SMILES string of the molecule is C.N=C(c1ccc(C(=O)Cc2ccc(Cl)cc2C(=O)Nc2ccc(Cl)cc2)cc1)N1CCCC1. The van der Waals surface area contributed by atoms with E-state index >= 15 is 0 Å². The van der Waals surface area contributed by atoms with Crippen LogP contribution in [0.5, 0.6) is 0 Å². The van der Waals surface area contributed by atoms with Gasteiger partial charge in [-0.1, -0.05) is 61.0 Å². The van der Waals surface area contributed by atoms with Crippen molar-refractivity contribution in [3.8, 4) is 0 Å². The Morgan fingerprint density at radius 1 is 0.853 bits per heavy atom. The number of ketones is 1. The highest BCUT2D eigenvalue weighted by Gasteiger charge is 2.18. The molecule has 7 heteroatoms. The second-order valence-corrected chi connectivity index (χ2v) is 8.86. The minimum atomic E-state index is -0.350. The number of Topliss-reactive ketones (excluding diaryl/α,β-unsaturated/α-hetero) is 1. The summed E-state index contributed by atoms with van der Waals surface area (Å²) in [5.41, 5.74) is 2.86. The van der Waals surface area contributed by atoms with Gasteiger partial charge in [-0.05, 0) is 54.8 Å². The molecule has 0 unspecified atom stereocenters. The summed E-state index contributed by atoms with van der Waals surface area (Å²) in [5, 5.41) is 12.2. The average molecular weight is 496 g/mol. The van der Waals surface area contributed by atoms with Crippen LogP contribution in [0.3, 0.4) is 0 Å². The van der Waals surface area contributed by atoms with Crippen molar-refractivity contribution in [1.82, 2.24) is 4.90 Å². The topological polar surface area (TPSA) is 73.3 Å². The molecule has 0 spiro atoms. The molecule has 2 N–H and O–H groups in total. The van der Waals surface area contributed by atoms with Gasteiger partial charge in [-0.2, -0.15) is 0 Å². The number of hydrogen-bond acceptors (Lipinski definition) is 3. The summed E-state index contributed by atoms with van der Waals surface area (Å²) in [6.07, 6.45) is 2.27. The third kappa shape index (κ3) is 6.04. The minimum absolute atomic E-state index is 0. The Balaban J connectivity index is 0.00000324. The predicted octanol–water partition coefficient (Wildman–Crippen LogP) is 6.73. The second kappa shape index (κ2) is 11.3. The van der Waals surface area contributed by atoms with Crippen molar-refractivity contribution < 1.29 is 9.59 Å². The Labute approximate surface area is 210 Å². The van der Waals surface area contributed by atoms with Crippen LogP contribution in [0.15, 0.2) is 66.7 Å². The number of rotatable bonds is 6. The van der Waals surface area contributed by atoms with E-state index in [9.17, 15) is 9.59 Å². The zero-order chi connectivity index (χ0) is 23.4. The molecule has 5 nitrogen and oxygen atoms in total. The molecule has 0 aromatic heterocycles. The van der Waals surface area contributed by atoms with Crippen molar-refractivity contribution in [3.05, 3.63) is 99.0 Å². The van der Waals surface area contributed by atoms with E-state index in [2.05, 4.69) is 10.2 Å².